The van der Waals surface area contributed by atoms with Crippen molar-refractivity contribution in [2.24, 2.45) is 5.92 Å². The lowest BCUT2D eigenvalue weighted by Crippen LogP contribution is -2.34. The van der Waals surface area contributed by atoms with Crippen molar-refractivity contribution in [3.05, 3.63) is 29.3 Å². The number of rotatable bonds is 4. The van der Waals surface area contributed by atoms with Gasteiger partial charge in [0.1, 0.15) is 0 Å². The number of hydrogen-bond acceptors (Lipinski definition) is 3. The molecule has 0 atom stereocenters. The first-order valence-corrected chi connectivity index (χ1v) is 11.2. The van der Waals surface area contributed by atoms with Crippen LogP contribution in [-0.2, 0) is 11.3 Å². The number of carbonyl (C=O) groups is 2. The molecule has 2 rings (SSSR count). The van der Waals surface area contributed by atoms with Crippen LogP contribution >= 0.6 is 0 Å². The van der Waals surface area contributed by atoms with E-state index in [9.17, 15) is 9.59 Å². The van der Waals surface area contributed by atoms with Crippen molar-refractivity contribution >= 4 is 17.5 Å². The molecule has 0 spiro atoms. The monoisotopic (exact) mass is 401 g/mol. The topological polar surface area (TPSA) is 52.7 Å². The molecule has 0 radical (unpaired) electrons. The molecule has 1 N–H and O–H groups in total. The molecule has 0 bridgehead atoms. The van der Waals surface area contributed by atoms with Gasteiger partial charge in [0.2, 0.25) is 5.91 Å². The highest BCUT2D eigenvalue weighted by atomic mass is 16.2. The van der Waals surface area contributed by atoms with Crippen molar-refractivity contribution in [1.82, 2.24) is 10.2 Å². The summed E-state index contributed by atoms with van der Waals surface area (Å²) in [7, 11) is 0. The second-order valence-corrected chi connectivity index (χ2v) is 9.04. The van der Waals surface area contributed by atoms with Crippen LogP contribution in [-0.4, -0.2) is 42.4 Å². The lowest BCUT2D eigenvalue weighted by Gasteiger charge is -2.30. The van der Waals surface area contributed by atoms with Crippen LogP contribution in [0.3, 0.4) is 0 Å². The fourth-order valence-corrected chi connectivity index (χ4v) is 4.04. The number of nitrogens with one attached hydrogen (secondary N) is 1. The van der Waals surface area contributed by atoms with Gasteiger partial charge >= 0.3 is 0 Å². The first kappa shape index (κ1) is 23.4. The van der Waals surface area contributed by atoms with Gasteiger partial charge in [-0.15, -0.1) is 0 Å². The van der Waals surface area contributed by atoms with Crippen LogP contribution in [0, 0.1) is 5.92 Å². The van der Waals surface area contributed by atoms with Gasteiger partial charge in [0.05, 0.1) is 0 Å². The lowest BCUT2D eigenvalue weighted by molar-refractivity contribution is -0.116. The molecular weight excluding hydrogens is 362 g/mol. The fourth-order valence-electron chi connectivity index (χ4n) is 4.04. The molecule has 0 saturated heterocycles. The second kappa shape index (κ2) is 11.3. The number of anilines is 1. The number of carbonyl (C=O) groups excluding carboxylic acids is 2. The highest BCUT2D eigenvalue weighted by molar-refractivity contribution is 5.97. The molecule has 0 fully saturated rings. The molecular formula is C24H39N3O2. The molecule has 1 aromatic rings. The maximum Gasteiger partial charge on any atom is 0.251 e. The molecule has 1 aliphatic heterocycles. The minimum Gasteiger partial charge on any atom is -0.350 e. The quantitative estimate of drug-likeness (QED) is 0.802. The van der Waals surface area contributed by atoms with Gasteiger partial charge in [-0.3, -0.25) is 14.5 Å². The van der Waals surface area contributed by atoms with E-state index in [-0.39, 0.29) is 17.9 Å². The Hall–Kier alpha value is -1.88. The standard InChI is InChI=1S/C24H39N3O2/c1-18(2)16-26-13-9-7-6-8-10-14-27(20(5)28)23-12-11-21(15-22(23)17-26)24(29)25-19(3)4/h11-12,15,18-19H,6-10,13-14,16-17H2,1-5H3,(H,25,29). The Morgan fingerprint density at radius 1 is 1.00 bits per heavy atom. The van der Waals surface area contributed by atoms with Crippen molar-refractivity contribution in [1.29, 1.82) is 0 Å². The Morgan fingerprint density at radius 2 is 1.66 bits per heavy atom. The number of hydrogen-bond donors (Lipinski definition) is 1. The third kappa shape index (κ3) is 7.46. The Balaban J connectivity index is 2.43. The summed E-state index contributed by atoms with van der Waals surface area (Å²) < 4.78 is 0. The fraction of sp³-hybridized carbons (Fsp3) is 0.667. The van der Waals surface area contributed by atoms with E-state index in [1.54, 1.807) is 6.92 Å². The van der Waals surface area contributed by atoms with Gasteiger partial charge in [-0.1, -0.05) is 33.1 Å². The molecule has 1 aliphatic rings. The zero-order valence-corrected chi connectivity index (χ0v) is 19.0. The smallest absolute Gasteiger partial charge is 0.251 e. The maximum absolute atomic E-state index is 12.6. The Morgan fingerprint density at radius 3 is 2.28 bits per heavy atom. The van der Waals surface area contributed by atoms with E-state index in [1.807, 2.05) is 36.9 Å². The lowest BCUT2D eigenvalue weighted by atomic mass is 10.0. The van der Waals surface area contributed by atoms with E-state index in [0.29, 0.717) is 11.5 Å². The summed E-state index contributed by atoms with van der Waals surface area (Å²) in [5, 5.41) is 2.98. The molecule has 1 heterocycles. The van der Waals surface area contributed by atoms with Crippen LogP contribution in [0.1, 0.15) is 82.6 Å². The Bertz CT molecular complexity index is 685. The van der Waals surface area contributed by atoms with E-state index in [1.165, 1.54) is 19.3 Å². The predicted molar refractivity (Wildman–Crippen MR) is 120 cm³/mol. The summed E-state index contributed by atoms with van der Waals surface area (Å²) >= 11 is 0. The molecule has 0 saturated carbocycles. The number of benzene rings is 1. The van der Waals surface area contributed by atoms with E-state index >= 15 is 0 Å². The molecule has 5 nitrogen and oxygen atoms in total. The van der Waals surface area contributed by atoms with E-state index in [2.05, 4.69) is 24.1 Å². The molecule has 29 heavy (non-hydrogen) atoms. The largest absolute Gasteiger partial charge is 0.350 e. The molecule has 162 valence electrons. The summed E-state index contributed by atoms with van der Waals surface area (Å²) in [4.78, 5) is 29.4. The summed E-state index contributed by atoms with van der Waals surface area (Å²) in [5.74, 6) is 0.583. The van der Waals surface area contributed by atoms with Gasteiger partial charge in [0.25, 0.3) is 5.91 Å². The van der Waals surface area contributed by atoms with Crippen molar-refractivity contribution in [2.75, 3.05) is 24.5 Å². The zero-order chi connectivity index (χ0) is 21.4. The van der Waals surface area contributed by atoms with Crippen LogP contribution < -0.4 is 10.2 Å². The van der Waals surface area contributed by atoms with Crippen LogP contribution in [0.15, 0.2) is 18.2 Å². The Kier molecular flexibility index (Phi) is 9.15. The summed E-state index contributed by atoms with van der Waals surface area (Å²) in [5.41, 5.74) is 2.68. The molecule has 5 heteroatoms. The van der Waals surface area contributed by atoms with Gasteiger partial charge in [0.15, 0.2) is 0 Å². The van der Waals surface area contributed by atoms with E-state index < -0.39 is 0 Å². The number of fused-ring (bicyclic) bond motifs is 1. The normalized spacial score (nSPS) is 16.9. The van der Waals surface area contributed by atoms with E-state index in [4.69, 9.17) is 0 Å². The average molecular weight is 402 g/mol. The van der Waals surface area contributed by atoms with Crippen LogP contribution in [0.4, 0.5) is 5.69 Å². The highest BCUT2D eigenvalue weighted by Gasteiger charge is 2.20. The predicted octanol–water partition coefficient (Wildman–Crippen LogP) is 4.60. The zero-order valence-electron chi connectivity index (χ0n) is 19.0. The number of nitrogens with zero attached hydrogens (tertiary/aromatic N) is 2. The SMILES string of the molecule is CC(=O)N1CCCCCCCN(CC(C)C)Cc2cc(C(=O)NC(C)C)ccc21. The highest BCUT2D eigenvalue weighted by Crippen LogP contribution is 2.26. The summed E-state index contributed by atoms with van der Waals surface area (Å²) in [6, 6.07) is 5.90. The number of amides is 2. The Labute approximate surface area is 176 Å². The first-order valence-electron chi connectivity index (χ1n) is 11.2. The van der Waals surface area contributed by atoms with Crippen molar-refractivity contribution in [2.45, 2.75) is 79.3 Å². The third-order valence-electron chi connectivity index (χ3n) is 5.31. The van der Waals surface area contributed by atoms with Crippen LogP contribution in [0.5, 0.6) is 0 Å². The second-order valence-electron chi connectivity index (χ2n) is 9.04. The van der Waals surface area contributed by atoms with Crippen molar-refractivity contribution < 1.29 is 9.59 Å². The summed E-state index contributed by atoms with van der Waals surface area (Å²) in [6.45, 7) is 13.6. The molecule has 1 aromatic carbocycles. The van der Waals surface area contributed by atoms with Gasteiger partial charge in [-0.2, -0.15) is 0 Å². The van der Waals surface area contributed by atoms with Crippen LogP contribution in [0.2, 0.25) is 0 Å². The first-order chi connectivity index (χ1) is 13.8. The minimum absolute atomic E-state index is 0.0568. The molecule has 0 aromatic heterocycles. The van der Waals surface area contributed by atoms with Crippen LogP contribution in [0.25, 0.3) is 0 Å². The van der Waals surface area contributed by atoms with Gasteiger partial charge in [0, 0.05) is 43.9 Å². The van der Waals surface area contributed by atoms with Crippen molar-refractivity contribution in [3.63, 3.8) is 0 Å². The summed E-state index contributed by atoms with van der Waals surface area (Å²) in [6.07, 6.45) is 5.83. The minimum atomic E-state index is -0.0568. The molecule has 2 amide bonds. The maximum atomic E-state index is 12.6. The van der Waals surface area contributed by atoms with Crippen molar-refractivity contribution in [3.8, 4) is 0 Å². The van der Waals surface area contributed by atoms with E-state index in [0.717, 1.165) is 50.3 Å². The van der Waals surface area contributed by atoms with Gasteiger partial charge < -0.3 is 10.2 Å². The average Bonchev–Trinajstić information content (AvgIpc) is 2.61. The molecule has 0 unspecified atom stereocenters. The third-order valence-corrected chi connectivity index (χ3v) is 5.31. The van der Waals surface area contributed by atoms with Gasteiger partial charge in [-0.25, -0.2) is 0 Å². The molecule has 0 aliphatic carbocycles. The van der Waals surface area contributed by atoms with Gasteiger partial charge in [-0.05, 0) is 62.9 Å².